The molecule has 3 rings (SSSR count). The highest BCUT2D eigenvalue weighted by Crippen LogP contribution is 2.24. The molecule has 2 N–H and O–H groups in total. The fourth-order valence-electron chi connectivity index (χ4n) is 3.31. The van der Waals surface area contributed by atoms with Crippen molar-refractivity contribution in [3.63, 3.8) is 0 Å². The monoisotopic (exact) mass is 327 g/mol. The summed E-state index contributed by atoms with van der Waals surface area (Å²) in [5.41, 5.74) is 0.720. The van der Waals surface area contributed by atoms with Crippen LogP contribution in [0.3, 0.4) is 0 Å². The van der Waals surface area contributed by atoms with Gasteiger partial charge in [-0.2, -0.15) is 0 Å². The Morgan fingerprint density at radius 3 is 3.04 bits per heavy atom. The van der Waals surface area contributed by atoms with E-state index in [4.69, 9.17) is 0 Å². The predicted molar refractivity (Wildman–Crippen MR) is 94.1 cm³/mol. The highest BCUT2D eigenvalue weighted by molar-refractivity contribution is 5.92. The number of piperidine rings is 1. The average molecular weight is 327 g/mol. The summed E-state index contributed by atoms with van der Waals surface area (Å²) in [6.45, 7) is 6.19. The summed E-state index contributed by atoms with van der Waals surface area (Å²) in [6, 6.07) is 3.71. The normalized spacial score (nSPS) is 19.0. The van der Waals surface area contributed by atoms with Crippen LogP contribution in [0.15, 0.2) is 30.7 Å². The Kier molecular flexibility index (Phi) is 5.25. The lowest BCUT2D eigenvalue weighted by atomic mass is 9.85. The van der Waals surface area contributed by atoms with Crippen molar-refractivity contribution < 1.29 is 4.79 Å². The minimum absolute atomic E-state index is 0.0418. The van der Waals surface area contributed by atoms with Gasteiger partial charge in [-0.3, -0.25) is 9.36 Å². The minimum Gasteiger partial charge on any atom is -0.323 e. The number of hydrogen-bond donors (Lipinski definition) is 2. The molecule has 0 saturated carbocycles. The lowest BCUT2D eigenvalue weighted by Crippen LogP contribution is -2.34. The maximum atomic E-state index is 12.5. The molecule has 1 fully saturated rings. The summed E-state index contributed by atoms with van der Waals surface area (Å²) in [7, 11) is 0. The second kappa shape index (κ2) is 7.57. The highest BCUT2D eigenvalue weighted by atomic mass is 16.1. The molecule has 3 heterocycles. The number of nitrogens with one attached hydrogen (secondary N) is 2. The van der Waals surface area contributed by atoms with E-state index in [-0.39, 0.29) is 5.91 Å². The van der Waals surface area contributed by atoms with E-state index in [0.717, 1.165) is 24.6 Å². The van der Waals surface area contributed by atoms with Crippen LogP contribution in [-0.2, 0) is 4.79 Å². The third kappa shape index (κ3) is 3.82. The fourth-order valence-corrected chi connectivity index (χ4v) is 3.31. The Hall–Kier alpha value is -2.21. The third-order valence-electron chi connectivity index (χ3n) is 4.76. The minimum atomic E-state index is 0.0418. The van der Waals surface area contributed by atoms with E-state index in [1.54, 1.807) is 12.4 Å². The fraction of sp³-hybridized carbons (Fsp3) is 0.500. The molecule has 0 aliphatic carbocycles. The summed E-state index contributed by atoms with van der Waals surface area (Å²) in [5, 5.41) is 6.45. The first kappa shape index (κ1) is 16.6. The van der Waals surface area contributed by atoms with Crippen LogP contribution in [0, 0.1) is 18.8 Å². The lowest BCUT2D eigenvalue weighted by molar-refractivity contribution is -0.117. The number of aryl methyl sites for hydroxylation is 1. The van der Waals surface area contributed by atoms with E-state index in [0.29, 0.717) is 24.1 Å². The number of amides is 1. The van der Waals surface area contributed by atoms with Crippen molar-refractivity contribution in [1.29, 1.82) is 0 Å². The molecule has 1 aliphatic heterocycles. The van der Waals surface area contributed by atoms with Crippen LogP contribution in [0.4, 0.5) is 5.69 Å². The summed E-state index contributed by atoms with van der Waals surface area (Å²) in [5.74, 6) is 2.53. The number of pyridine rings is 1. The van der Waals surface area contributed by atoms with Crippen LogP contribution < -0.4 is 10.6 Å². The highest BCUT2D eigenvalue weighted by Gasteiger charge is 2.22. The number of carbonyl (C=O) groups is 1. The van der Waals surface area contributed by atoms with Crippen molar-refractivity contribution in [2.75, 3.05) is 18.4 Å². The van der Waals surface area contributed by atoms with Crippen molar-refractivity contribution in [2.45, 2.75) is 33.1 Å². The number of aromatic nitrogens is 3. The van der Waals surface area contributed by atoms with Crippen LogP contribution >= 0.6 is 0 Å². The van der Waals surface area contributed by atoms with Crippen molar-refractivity contribution in [1.82, 2.24) is 19.9 Å². The van der Waals surface area contributed by atoms with Crippen molar-refractivity contribution in [2.24, 2.45) is 11.8 Å². The number of imidazole rings is 1. The van der Waals surface area contributed by atoms with Crippen molar-refractivity contribution >= 4 is 11.6 Å². The van der Waals surface area contributed by atoms with Gasteiger partial charge in [0.25, 0.3) is 0 Å². The van der Waals surface area contributed by atoms with Gasteiger partial charge < -0.3 is 10.6 Å². The topological polar surface area (TPSA) is 71.8 Å². The molecule has 2 aromatic rings. The zero-order chi connectivity index (χ0) is 16.9. The smallest absolute Gasteiger partial charge is 0.224 e. The standard InChI is InChI=1S/C18H25N5O/c1-13(15-5-3-7-19-12-15)11-17(24)22-16-6-4-8-21-18(16)23-10-9-20-14(23)2/h4,6,8-10,13,15,19H,3,5,7,11-12H2,1-2H3,(H,22,24). The molecule has 1 amide bonds. The van der Waals surface area contributed by atoms with E-state index in [1.165, 1.54) is 12.8 Å². The number of anilines is 1. The molecule has 0 spiro atoms. The molecule has 128 valence electrons. The van der Waals surface area contributed by atoms with Gasteiger partial charge in [-0.05, 0) is 56.8 Å². The van der Waals surface area contributed by atoms with E-state index in [9.17, 15) is 4.79 Å². The third-order valence-corrected chi connectivity index (χ3v) is 4.76. The molecule has 0 aromatic carbocycles. The van der Waals surface area contributed by atoms with Gasteiger partial charge in [0, 0.05) is 25.0 Å². The molecule has 6 heteroatoms. The summed E-state index contributed by atoms with van der Waals surface area (Å²) >= 11 is 0. The van der Waals surface area contributed by atoms with Crippen LogP contribution in [-0.4, -0.2) is 33.5 Å². The molecule has 2 atom stereocenters. The van der Waals surface area contributed by atoms with Crippen LogP contribution in [0.25, 0.3) is 5.82 Å². The first-order valence-electron chi connectivity index (χ1n) is 8.61. The Balaban J connectivity index is 1.67. The van der Waals surface area contributed by atoms with Gasteiger partial charge in [0.1, 0.15) is 5.82 Å². The molecule has 0 bridgehead atoms. The van der Waals surface area contributed by atoms with Gasteiger partial charge in [0.05, 0.1) is 5.69 Å². The molecule has 6 nitrogen and oxygen atoms in total. The molecular formula is C18H25N5O. The van der Waals surface area contributed by atoms with Crippen LogP contribution in [0.1, 0.15) is 32.0 Å². The van der Waals surface area contributed by atoms with Gasteiger partial charge >= 0.3 is 0 Å². The molecule has 2 aromatic heterocycles. The maximum Gasteiger partial charge on any atom is 0.224 e. The largest absolute Gasteiger partial charge is 0.323 e. The number of carbonyl (C=O) groups excluding carboxylic acids is 1. The Bertz CT molecular complexity index is 690. The lowest BCUT2D eigenvalue weighted by Gasteiger charge is -2.28. The first-order valence-corrected chi connectivity index (χ1v) is 8.61. The summed E-state index contributed by atoms with van der Waals surface area (Å²) in [6.07, 6.45) is 8.23. The van der Waals surface area contributed by atoms with Crippen LogP contribution in [0.2, 0.25) is 0 Å². The Morgan fingerprint density at radius 1 is 1.46 bits per heavy atom. The van der Waals surface area contributed by atoms with E-state index in [2.05, 4.69) is 27.5 Å². The Morgan fingerprint density at radius 2 is 2.33 bits per heavy atom. The summed E-state index contributed by atoms with van der Waals surface area (Å²) < 4.78 is 1.88. The van der Waals surface area contributed by atoms with Gasteiger partial charge in [-0.25, -0.2) is 9.97 Å². The number of hydrogen-bond acceptors (Lipinski definition) is 4. The van der Waals surface area contributed by atoms with Gasteiger partial charge in [-0.15, -0.1) is 0 Å². The van der Waals surface area contributed by atoms with Gasteiger partial charge in [0.15, 0.2) is 5.82 Å². The van der Waals surface area contributed by atoms with E-state index in [1.807, 2.05) is 29.8 Å². The van der Waals surface area contributed by atoms with Gasteiger partial charge in [0.2, 0.25) is 5.91 Å². The maximum absolute atomic E-state index is 12.5. The SMILES string of the molecule is Cc1nccn1-c1ncccc1NC(=O)CC(C)C1CCCNC1. The average Bonchev–Trinajstić information content (AvgIpc) is 3.02. The second-order valence-electron chi connectivity index (χ2n) is 6.56. The van der Waals surface area contributed by atoms with E-state index >= 15 is 0 Å². The predicted octanol–water partition coefficient (Wildman–Crippen LogP) is 2.54. The Labute approximate surface area is 142 Å². The zero-order valence-electron chi connectivity index (χ0n) is 14.3. The molecule has 24 heavy (non-hydrogen) atoms. The molecule has 2 unspecified atom stereocenters. The van der Waals surface area contributed by atoms with Gasteiger partial charge in [-0.1, -0.05) is 6.92 Å². The molecular weight excluding hydrogens is 302 g/mol. The molecule has 1 aliphatic rings. The quantitative estimate of drug-likeness (QED) is 0.885. The second-order valence-corrected chi connectivity index (χ2v) is 6.56. The van der Waals surface area contributed by atoms with E-state index < -0.39 is 0 Å². The molecule has 1 saturated heterocycles. The molecule has 0 radical (unpaired) electrons. The zero-order valence-corrected chi connectivity index (χ0v) is 14.3. The number of nitrogens with zero attached hydrogens (tertiary/aromatic N) is 3. The van der Waals surface area contributed by atoms with Crippen molar-refractivity contribution in [3.8, 4) is 5.82 Å². The number of rotatable bonds is 5. The summed E-state index contributed by atoms with van der Waals surface area (Å²) in [4.78, 5) is 21.1. The first-order chi connectivity index (χ1) is 11.6. The van der Waals surface area contributed by atoms with Crippen LogP contribution in [0.5, 0.6) is 0 Å². The van der Waals surface area contributed by atoms with Crippen molar-refractivity contribution in [3.05, 3.63) is 36.5 Å².